The molecule has 2 aromatic rings. The summed E-state index contributed by atoms with van der Waals surface area (Å²) in [7, 11) is -0.748. The van der Waals surface area contributed by atoms with Crippen molar-refractivity contribution in [3.05, 3.63) is 48.0 Å². The van der Waals surface area contributed by atoms with Gasteiger partial charge in [0.05, 0.1) is 24.7 Å². The smallest absolute Gasteiger partial charge is 0.259 e. The first-order chi connectivity index (χ1) is 12.6. The molecule has 8 heteroatoms. The Bertz CT molecular complexity index is 933. The van der Waals surface area contributed by atoms with E-state index < -0.39 is 21.5 Å². The highest BCUT2D eigenvalue weighted by molar-refractivity contribution is 7.89. The summed E-state index contributed by atoms with van der Waals surface area (Å²) in [5.74, 6) is 0.446. The van der Waals surface area contributed by atoms with Crippen molar-refractivity contribution in [3.63, 3.8) is 0 Å². The molecular weight excluding hydrogens is 368 g/mol. The summed E-state index contributed by atoms with van der Waals surface area (Å²) in [4.78, 5) is 12.7. The Morgan fingerprint density at radius 3 is 2.30 bits per heavy atom. The van der Waals surface area contributed by atoms with Gasteiger partial charge in [-0.25, -0.2) is 13.1 Å². The first kappa shape index (κ1) is 20.7. The van der Waals surface area contributed by atoms with Crippen molar-refractivity contribution < 1.29 is 22.7 Å². The molecule has 0 spiro atoms. The van der Waals surface area contributed by atoms with E-state index in [0.717, 1.165) is 0 Å². The third-order valence-electron chi connectivity index (χ3n) is 3.49. The SMILES string of the molecule is COc1ccc(OC)c(C(=O)Nc2cccc(S(=O)(=O)NC(C)(C)C)c2)c1. The number of methoxy groups -OCH3 is 2. The number of ether oxygens (including phenoxy) is 2. The second-order valence-corrected chi connectivity index (χ2v) is 8.59. The van der Waals surface area contributed by atoms with Crippen LogP contribution >= 0.6 is 0 Å². The molecule has 0 saturated heterocycles. The molecule has 0 aliphatic heterocycles. The van der Waals surface area contributed by atoms with E-state index in [9.17, 15) is 13.2 Å². The number of hydrogen-bond acceptors (Lipinski definition) is 5. The van der Waals surface area contributed by atoms with Gasteiger partial charge in [0.15, 0.2) is 0 Å². The third kappa shape index (κ3) is 5.45. The van der Waals surface area contributed by atoms with Gasteiger partial charge in [-0.05, 0) is 57.2 Å². The van der Waals surface area contributed by atoms with E-state index in [-0.39, 0.29) is 10.5 Å². The maximum absolute atomic E-state index is 12.6. The van der Waals surface area contributed by atoms with Crippen LogP contribution in [0.1, 0.15) is 31.1 Å². The Balaban J connectivity index is 2.30. The molecule has 2 N–H and O–H groups in total. The molecule has 0 fully saturated rings. The van der Waals surface area contributed by atoms with Crippen LogP contribution in [0, 0.1) is 0 Å². The number of carbonyl (C=O) groups is 1. The predicted molar refractivity (Wildman–Crippen MR) is 104 cm³/mol. The van der Waals surface area contributed by atoms with Crippen LogP contribution in [0.15, 0.2) is 47.4 Å². The number of nitrogens with one attached hydrogen (secondary N) is 2. The highest BCUT2D eigenvalue weighted by Crippen LogP contribution is 2.25. The largest absolute Gasteiger partial charge is 0.497 e. The zero-order chi connectivity index (χ0) is 20.2. The summed E-state index contributed by atoms with van der Waals surface area (Å²) in [6, 6.07) is 10.9. The van der Waals surface area contributed by atoms with E-state index in [2.05, 4.69) is 10.0 Å². The zero-order valence-corrected chi connectivity index (χ0v) is 16.8. The Morgan fingerprint density at radius 1 is 1.00 bits per heavy atom. The Labute approximate surface area is 159 Å². The van der Waals surface area contributed by atoms with Gasteiger partial charge < -0.3 is 14.8 Å². The van der Waals surface area contributed by atoms with Crippen LogP contribution in [-0.4, -0.2) is 34.1 Å². The Morgan fingerprint density at radius 2 is 1.70 bits per heavy atom. The fraction of sp³-hybridized carbons (Fsp3) is 0.316. The van der Waals surface area contributed by atoms with Gasteiger partial charge >= 0.3 is 0 Å². The molecule has 0 atom stereocenters. The lowest BCUT2D eigenvalue weighted by Gasteiger charge is -2.20. The van der Waals surface area contributed by atoms with Crippen molar-refractivity contribution in [2.24, 2.45) is 0 Å². The van der Waals surface area contributed by atoms with Crippen molar-refractivity contribution in [2.75, 3.05) is 19.5 Å². The van der Waals surface area contributed by atoms with Crippen LogP contribution in [0.5, 0.6) is 11.5 Å². The summed E-state index contributed by atoms with van der Waals surface area (Å²) < 4.78 is 37.9. The molecule has 0 radical (unpaired) electrons. The minimum atomic E-state index is -3.71. The molecule has 0 aliphatic rings. The summed E-state index contributed by atoms with van der Waals surface area (Å²) in [6.07, 6.45) is 0. The van der Waals surface area contributed by atoms with Gasteiger partial charge in [0.1, 0.15) is 11.5 Å². The van der Waals surface area contributed by atoms with Crippen LogP contribution in [0.2, 0.25) is 0 Å². The monoisotopic (exact) mass is 392 g/mol. The second kappa shape index (κ2) is 7.98. The molecule has 27 heavy (non-hydrogen) atoms. The van der Waals surface area contributed by atoms with E-state index in [1.165, 1.54) is 26.4 Å². The number of benzene rings is 2. The van der Waals surface area contributed by atoms with Crippen molar-refractivity contribution in [2.45, 2.75) is 31.2 Å². The van der Waals surface area contributed by atoms with E-state index in [1.807, 2.05) is 0 Å². The molecule has 2 rings (SSSR count). The molecule has 0 saturated carbocycles. The fourth-order valence-electron chi connectivity index (χ4n) is 2.39. The van der Waals surface area contributed by atoms with Gasteiger partial charge in [0.2, 0.25) is 10.0 Å². The van der Waals surface area contributed by atoms with E-state index in [0.29, 0.717) is 17.2 Å². The third-order valence-corrected chi connectivity index (χ3v) is 5.25. The standard InChI is InChI=1S/C19H24N2O5S/c1-19(2,3)21-27(23,24)15-8-6-7-13(11-15)20-18(22)16-12-14(25-4)9-10-17(16)26-5/h6-12,21H,1-5H3,(H,20,22). The number of carbonyl (C=O) groups excluding carboxylic acids is 1. The lowest BCUT2D eigenvalue weighted by atomic mass is 10.1. The molecule has 146 valence electrons. The molecule has 7 nitrogen and oxygen atoms in total. The van der Waals surface area contributed by atoms with Crippen LogP contribution in [-0.2, 0) is 10.0 Å². The van der Waals surface area contributed by atoms with E-state index in [4.69, 9.17) is 9.47 Å². The maximum atomic E-state index is 12.6. The highest BCUT2D eigenvalue weighted by atomic mass is 32.2. The minimum absolute atomic E-state index is 0.0628. The summed E-state index contributed by atoms with van der Waals surface area (Å²) in [5, 5.41) is 2.69. The summed E-state index contributed by atoms with van der Waals surface area (Å²) >= 11 is 0. The molecular formula is C19H24N2O5S. The van der Waals surface area contributed by atoms with Gasteiger partial charge in [-0.1, -0.05) is 6.07 Å². The summed E-state index contributed by atoms with van der Waals surface area (Å²) in [5.41, 5.74) is 0.00561. The van der Waals surface area contributed by atoms with E-state index in [1.54, 1.807) is 51.1 Å². The van der Waals surface area contributed by atoms with Gasteiger partial charge in [-0.3, -0.25) is 4.79 Å². The Kier molecular flexibility index (Phi) is 6.12. The lowest BCUT2D eigenvalue weighted by molar-refractivity contribution is 0.102. The van der Waals surface area contributed by atoms with E-state index >= 15 is 0 Å². The van der Waals surface area contributed by atoms with Gasteiger partial charge in [0, 0.05) is 11.2 Å². The first-order valence-corrected chi connectivity index (χ1v) is 9.71. The average Bonchev–Trinajstić information content (AvgIpc) is 2.59. The fourth-order valence-corrected chi connectivity index (χ4v) is 3.86. The molecule has 0 aromatic heterocycles. The maximum Gasteiger partial charge on any atom is 0.259 e. The number of hydrogen-bond donors (Lipinski definition) is 2. The number of sulfonamides is 1. The topological polar surface area (TPSA) is 93.7 Å². The highest BCUT2D eigenvalue weighted by Gasteiger charge is 2.22. The van der Waals surface area contributed by atoms with Crippen molar-refractivity contribution in [1.29, 1.82) is 0 Å². The molecule has 1 amide bonds. The van der Waals surface area contributed by atoms with Gasteiger partial charge in [0.25, 0.3) is 5.91 Å². The zero-order valence-electron chi connectivity index (χ0n) is 16.0. The lowest BCUT2D eigenvalue weighted by Crippen LogP contribution is -2.40. The molecule has 0 aliphatic carbocycles. The minimum Gasteiger partial charge on any atom is -0.497 e. The van der Waals surface area contributed by atoms with Crippen molar-refractivity contribution in [1.82, 2.24) is 4.72 Å². The number of rotatable bonds is 6. The van der Waals surface area contributed by atoms with Gasteiger partial charge in [-0.15, -0.1) is 0 Å². The predicted octanol–water partition coefficient (Wildman–Crippen LogP) is 3.03. The molecule has 0 heterocycles. The van der Waals surface area contributed by atoms with Crippen LogP contribution in [0.25, 0.3) is 0 Å². The Hall–Kier alpha value is -2.58. The van der Waals surface area contributed by atoms with Crippen LogP contribution in [0.4, 0.5) is 5.69 Å². The summed E-state index contributed by atoms with van der Waals surface area (Å²) in [6.45, 7) is 5.27. The average molecular weight is 392 g/mol. The van der Waals surface area contributed by atoms with Crippen LogP contribution in [0.3, 0.4) is 0 Å². The van der Waals surface area contributed by atoms with Crippen LogP contribution < -0.4 is 19.5 Å². The normalized spacial score (nSPS) is 11.7. The molecule has 0 unspecified atom stereocenters. The second-order valence-electron chi connectivity index (χ2n) is 6.90. The number of amides is 1. The number of anilines is 1. The molecule has 0 bridgehead atoms. The van der Waals surface area contributed by atoms with Crippen molar-refractivity contribution in [3.8, 4) is 11.5 Å². The quantitative estimate of drug-likeness (QED) is 0.788. The van der Waals surface area contributed by atoms with Gasteiger partial charge in [-0.2, -0.15) is 0 Å². The first-order valence-electron chi connectivity index (χ1n) is 8.23. The van der Waals surface area contributed by atoms with Crippen molar-refractivity contribution >= 4 is 21.6 Å². The molecule has 2 aromatic carbocycles.